The Bertz CT molecular complexity index is 977. The zero-order chi connectivity index (χ0) is 19.9. The monoisotopic (exact) mass is 483 g/mol. The van der Waals surface area contributed by atoms with Gasteiger partial charge in [-0.05, 0) is 40.2 Å². The number of hydrazine groups is 1. The molecule has 0 saturated carbocycles. The van der Waals surface area contributed by atoms with Gasteiger partial charge in [0, 0.05) is 11.8 Å². The van der Waals surface area contributed by atoms with Gasteiger partial charge in [-0.25, -0.2) is 0 Å². The summed E-state index contributed by atoms with van der Waals surface area (Å²) >= 11 is 5.61. The molecule has 0 fully saturated rings. The van der Waals surface area contributed by atoms with Crippen LogP contribution in [-0.4, -0.2) is 34.9 Å². The average Bonchev–Trinajstić information content (AvgIpc) is 3.33. The number of rotatable bonds is 7. The van der Waals surface area contributed by atoms with Crippen molar-refractivity contribution in [3.05, 3.63) is 46.8 Å². The molecule has 2 amide bonds. The fourth-order valence-electron chi connectivity index (χ4n) is 1.93. The van der Waals surface area contributed by atoms with E-state index < -0.39 is 5.91 Å². The third kappa shape index (κ3) is 5.71. The van der Waals surface area contributed by atoms with Gasteiger partial charge in [-0.2, -0.15) is 0 Å². The number of carbonyl (C=O) groups excluding carboxylic acids is 2. The van der Waals surface area contributed by atoms with Crippen LogP contribution in [0.5, 0.6) is 5.75 Å². The normalized spacial score (nSPS) is 10.4. The number of carbonyl (C=O) groups is 2. The molecule has 0 saturated heterocycles. The van der Waals surface area contributed by atoms with Gasteiger partial charge >= 0.3 is 5.91 Å². The first kappa shape index (κ1) is 20.2. The van der Waals surface area contributed by atoms with E-state index in [1.807, 2.05) is 24.3 Å². The van der Waals surface area contributed by atoms with E-state index in [-0.39, 0.29) is 17.4 Å². The Labute approximate surface area is 176 Å². The minimum absolute atomic E-state index is 0.0654. The van der Waals surface area contributed by atoms with Crippen molar-refractivity contribution < 1.29 is 18.7 Å². The smallest absolute Gasteiger partial charge is 0.305 e. The van der Waals surface area contributed by atoms with Crippen LogP contribution >= 0.6 is 39.0 Å². The zero-order valence-electron chi connectivity index (χ0n) is 14.4. The molecule has 3 N–H and O–H groups in total. The molecule has 1 aromatic carbocycles. The summed E-state index contributed by atoms with van der Waals surface area (Å²) in [5, 5.41) is 11.8. The van der Waals surface area contributed by atoms with Crippen LogP contribution in [0.25, 0.3) is 0 Å². The van der Waals surface area contributed by atoms with Gasteiger partial charge in [-0.3, -0.25) is 20.4 Å². The lowest BCUT2D eigenvalue weighted by Crippen LogP contribution is -2.42. The van der Waals surface area contributed by atoms with Crippen LogP contribution in [0, 0.1) is 0 Å². The number of benzene rings is 1. The third-order valence-corrected chi connectivity index (χ3v) is 5.56. The number of furan rings is 1. The Hall–Kier alpha value is -2.57. The second-order valence-corrected chi connectivity index (χ2v) is 8.11. The topological polar surface area (TPSA) is 118 Å². The van der Waals surface area contributed by atoms with Gasteiger partial charge in [-0.15, -0.1) is 10.2 Å². The quantitative estimate of drug-likeness (QED) is 0.346. The van der Waals surface area contributed by atoms with Crippen LogP contribution in [0.4, 0.5) is 10.8 Å². The predicted molar refractivity (Wildman–Crippen MR) is 109 cm³/mol. The Morgan fingerprint density at radius 2 is 2.11 bits per heavy atom. The molecule has 0 bridgehead atoms. The highest BCUT2D eigenvalue weighted by Crippen LogP contribution is 2.28. The highest BCUT2D eigenvalue weighted by molar-refractivity contribution is 9.10. The molecule has 0 spiro atoms. The van der Waals surface area contributed by atoms with E-state index in [1.165, 1.54) is 29.2 Å². The number of aromatic nitrogens is 2. The van der Waals surface area contributed by atoms with Gasteiger partial charge in [0.25, 0.3) is 0 Å². The van der Waals surface area contributed by atoms with E-state index >= 15 is 0 Å². The molecule has 0 unspecified atom stereocenters. The maximum Gasteiger partial charge on any atom is 0.305 e. The highest BCUT2D eigenvalue weighted by Gasteiger charge is 2.13. The lowest BCUT2D eigenvalue weighted by Gasteiger charge is -2.04. The van der Waals surface area contributed by atoms with Crippen molar-refractivity contribution in [1.82, 2.24) is 21.0 Å². The lowest BCUT2D eigenvalue weighted by molar-refractivity contribution is -0.119. The second-order valence-electron chi connectivity index (χ2n) is 5.12. The van der Waals surface area contributed by atoms with Crippen LogP contribution < -0.4 is 20.9 Å². The number of hydrogen-bond acceptors (Lipinski definition) is 9. The molecule has 28 heavy (non-hydrogen) atoms. The molecule has 0 radical (unpaired) electrons. The van der Waals surface area contributed by atoms with E-state index in [4.69, 9.17) is 9.15 Å². The van der Waals surface area contributed by atoms with Crippen molar-refractivity contribution in [2.24, 2.45) is 0 Å². The molecule has 0 aliphatic carbocycles. The first-order valence-corrected chi connectivity index (χ1v) is 10.3. The zero-order valence-corrected chi connectivity index (χ0v) is 17.6. The van der Waals surface area contributed by atoms with Gasteiger partial charge in [0.2, 0.25) is 11.0 Å². The Morgan fingerprint density at radius 3 is 2.86 bits per heavy atom. The average molecular weight is 484 g/mol. The molecular formula is C16H14BrN5O4S2. The Kier molecular flexibility index (Phi) is 6.90. The number of amides is 2. The molecule has 0 atom stereocenters. The van der Waals surface area contributed by atoms with E-state index in [0.717, 1.165) is 11.4 Å². The molecule has 0 aliphatic rings. The van der Waals surface area contributed by atoms with Gasteiger partial charge in [-0.1, -0.05) is 29.2 Å². The summed E-state index contributed by atoms with van der Waals surface area (Å²) < 4.78 is 11.3. The number of ether oxygens (including phenoxy) is 1. The number of anilines is 2. The third-order valence-electron chi connectivity index (χ3n) is 3.17. The van der Waals surface area contributed by atoms with Crippen molar-refractivity contribution in [2.75, 3.05) is 18.2 Å². The van der Waals surface area contributed by atoms with Crippen molar-refractivity contribution in [3.8, 4) is 5.75 Å². The summed E-state index contributed by atoms with van der Waals surface area (Å²) in [6.07, 6.45) is 0. The van der Waals surface area contributed by atoms with Crippen molar-refractivity contribution >= 4 is 61.7 Å². The summed E-state index contributed by atoms with van der Waals surface area (Å²) in [5.41, 5.74) is 5.40. The van der Waals surface area contributed by atoms with Crippen LogP contribution in [0.2, 0.25) is 0 Å². The van der Waals surface area contributed by atoms with E-state index in [0.29, 0.717) is 14.1 Å². The molecule has 3 rings (SSSR count). The fourth-order valence-corrected chi connectivity index (χ4v) is 3.81. The highest BCUT2D eigenvalue weighted by atomic mass is 79.9. The van der Waals surface area contributed by atoms with Gasteiger partial charge in [0.1, 0.15) is 5.75 Å². The minimum atomic E-state index is -0.551. The van der Waals surface area contributed by atoms with Gasteiger partial charge in [0.15, 0.2) is 14.8 Å². The number of nitrogens with zero attached hydrogens (tertiary/aromatic N) is 2. The molecular weight excluding hydrogens is 470 g/mol. The van der Waals surface area contributed by atoms with E-state index in [9.17, 15) is 9.59 Å². The number of thioether (sulfide) groups is 1. The summed E-state index contributed by atoms with van der Waals surface area (Å²) in [6, 6.07) is 10.5. The maximum atomic E-state index is 11.9. The van der Waals surface area contributed by atoms with E-state index in [2.05, 4.69) is 42.3 Å². The van der Waals surface area contributed by atoms with Crippen LogP contribution in [-0.2, 0) is 4.79 Å². The number of hydrogen-bond donors (Lipinski definition) is 3. The summed E-state index contributed by atoms with van der Waals surface area (Å²) in [6.45, 7) is 0. The Morgan fingerprint density at radius 1 is 1.25 bits per heavy atom. The summed E-state index contributed by atoms with van der Waals surface area (Å²) in [4.78, 5) is 23.6. The van der Waals surface area contributed by atoms with E-state index in [1.54, 1.807) is 13.2 Å². The number of halogens is 1. The number of methoxy groups -OCH3 is 1. The maximum absolute atomic E-state index is 11.9. The van der Waals surface area contributed by atoms with Crippen LogP contribution in [0.3, 0.4) is 0 Å². The first-order chi connectivity index (χ1) is 13.5. The first-order valence-electron chi connectivity index (χ1n) is 7.75. The lowest BCUT2D eigenvalue weighted by atomic mass is 10.3. The molecule has 9 nitrogen and oxygen atoms in total. The fraction of sp³-hybridized carbons (Fsp3) is 0.125. The van der Waals surface area contributed by atoms with Crippen molar-refractivity contribution in [2.45, 2.75) is 4.34 Å². The van der Waals surface area contributed by atoms with Gasteiger partial charge < -0.3 is 14.5 Å². The summed E-state index contributed by atoms with van der Waals surface area (Å²) in [7, 11) is 1.60. The minimum Gasteiger partial charge on any atom is -0.497 e. The number of nitrogens with one attached hydrogen (secondary N) is 3. The molecule has 12 heteroatoms. The largest absolute Gasteiger partial charge is 0.497 e. The van der Waals surface area contributed by atoms with Crippen molar-refractivity contribution in [1.29, 1.82) is 0 Å². The molecule has 3 aromatic rings. The SMILES string of the molecule is COc1cccc(Nc2nnc(SCC(=O)NNC(=O)c3ccc(Br)o3)s2)c1. The van der Waals surface area contributed by atoms with Gasteiger partial charge in [0.05, 0.1) is 12.9 Å². The van der Waals surface area contributed by atoms with Crippen LogP contribution in [0.15, 0.2) is 49.8 Å². The van der Waals surface area contributed by atoms with Crippen LogP contribution in [0.1, 0.15) is 10.6 Å². The standard InChI is InChI=1S/C16H14BrN5O4S2/c1-25-10-4-2-3-9(7-10)18-15-21-22-16(28-15)27-8-13(23)19-20-14(24)11-5-6-12(17)26-11/h2-7H,8H2,1H3,(H,18,21)(H,19,23)(H,20,24). The molecule has 2 aromatic heterocycles. The van der Waals surface area contributed by atoms with Crippen molar-refractivity contribution in [3.63, 3.8) is 0 Å². The molecule has 146 valence electrons. The summed E-state index contributed by atoms with van der Waals surface area (Å²) in [5.74, 6) is -0.0659. The Balaban J connectivity index is 1.44. The predicted octanol–water partition coefficient (Wildman–Crippen LogP) is 3.20. The molecule has 2 heterocycles. The molecule has 0 aliphatic heterocycles. The second kappa shape index (κ2) is 9.57.